The van der Waals surface area contributed by atoms with Crippen molar-refractivity contribution in [2.45, 2.75) is 38.0 Å². The van der Waals surface area contributed by atoms with Crippen LogP contribution in [0.25, 0.3) is 10.9 Å². The number of hydrogen-bond donors (Lipinski definition) is 1. The smallest absolute Gasteiger partial charge is 0.282 e. The van der Waals surface area contributed by atoms with Gasteiger partial charge in [-0.05, 0) is 76.8 Å². The Morgan fingerprint density at radius 1 is 1.15 bits per heavy atom. The molecule has 5 rings (SSSR count). The number of ether oxygens (including phenoxy) is 2. The zero-order valence-electron chi connectivity index (χ0n) is 21.9. The average Bonchev–Trinajstić information content (AvgIpc) is 2.96. The summed E-state index contributed by atoms with van der Waals surface area (Å²) in [6, 6.07) is 16.4. The molecule has 1 amide bonds. The monoisotopic (exact) mass is 606 g/mol. The summed E-state index contributed by atoms with van der Waals surface area (Å²) < 4.78 is 26.6. The van der Waals surface area contributed by atoms with Crippen LogP contribution in [0.1, 0.15) is 49.4 Å². The molecule has 4 aromatic rings. The van der Waals surface area contributed by atoms with Crippen molar-refractivity contribution in [3.63, 3.8) is 0 Å². The van der Waals surface area contributed by atoms with Gasteiger partial charge in [0.05, 0.1) is 28.7 Å². The highest BCUT2D eigenvalue weighted by Crippen LogP contribution is 2.36. The van der Waals surface area contributed by atoms with E-state index < -0.39 is 11.7 Å². The van der Waals surface area contributed by atoms with E-state index >= 15 is 0 Å². The fraction of sp³-hybridized carbons (Fsp3) is 0.267. The summed E-state index contributed by atoms with van der Waals surface area (Å²) in [6.07, 6.45) is 6.91. The van der Waals surface area contributed by atoms with Crippen LogP contribution in [-0.2, 0) is 4.79 Å². The Balaban J connectivity index is 1.40. The first-order chi connectivity index (χ1) is 19.4. The van der Waals surface area contributed by atoms with E-state index in [-0.39, 0.29) is 18.1 Å². The van der Waals surface area contributed by atoms with E-state index in [0.717, 1.165) is 25.7 Å². The molecule has 0 saturated heterocycles. The molecule has 0 aliphatic heterocycles. The molecule has 1 saturated carbocycles. The summed E-state index contributed by atoms with van der Waals surface area (Å²) in [6.45, 7) is -0.318. The van der Waals surface area contributed by atoms with E-state index in [4.69, 9.17) is 14.5 Å². The van der Waals surface area contributed by atoms with E-state index in [1.165, 1.54) is 36.4 Å². The number of methoxy groups -OCH3 is 1. The van der Waals surface area contributed by atoms with Gasteiger partial charge in [-0.3, -0.25) is 9.59 Å². The predicted molar refractivity (Wildman–Crippen MR) is 156 cm³/mol. The maximum atomic E-state index is 13.5. The molecule has 10 heteroatoms. The highest BCUT2D eigenvalue weighted by atomic mass is 79.9. The number of hydrogen-bond acceptors (Lipinski definition) is 6. The lowest BCUT2D eigenvalue weighted by Gasteiger charge is -2.22. The zero-order valence-corrected chi connectivity index (χ0v) is 23.5. The first kappa shape index (κ1) is 27.5. The van der Waals surface area contributed by atoms with Crippen LogP contribution in [-0.4, -0.2) is 35.5 Å². The molecule has 1 aliphatic carbocycles. The zero-order chi connectivity index (χ0) is 28.1. The molecule has 1 aromatic heterocycles. The largest absolute Gasteiger partial charge is 0.493 e. The number of carbonyl (C=O) groups excluding carboxylic acids is 1. The summed E-state index contributed by atoms with van der Waals surface area (Å²) in [7, 11) is 1.49. The second-order valence-electron chi connectivity index (χ2n) is 9.56. The van der Waals surface area contributed by atoms with Crippen molar-refractivity contribution < 1.29 is 18.7 Å². The molecule has 0 unspecified atom stereocenters. The number of anilines is 1. The number of benzene rings is 3. The fourth-order valence-corrected chi connectivity index (χ4v) is 5.43. The Hall–Kier alpha value is -4.05. The molecule has 206 valence electrons. The number of halogens is 2. The summed E-state index contributed by atoms with van der Waals surface area (Å²) >= 11 is 3.49. The van der Waals surface area contributed by atoms with Gasteiger partial charge in [0.1, 0.15) is 11.6 Å². The molecular weight excluding hydrogens is 579 g/mol. The normalized spacial score (nSPS) is 14.0. The third-order valence-electron chi connectivity index (χ3n) is 6.78. The van der Waals surface area contributed by atoms with Crippen molar-refractivity contribution in [3.05, 3.63) is 92.7 Å². The van der Waals surface area contributed by atoms with Crippen molar-refractivity contribution in [1.29, 1.82) is 0 Å². The molecule has 1 N–H and O–H groups in total. The Labute approximate surface area is 239 Å². The molecule has 40 heavy (non-hydrogen) atoms. The molecule has 3 aromatic carbocycles. The molecule has 1 fully saturated rings. The third kappa shape index (κ3) is 6.22. The summed E-state index contributed by atoms with van der Waals surface area (Å²) in [5.41, 5.74) is 1.44. The van der Waals surface area contributed by atoms with Gasteiger partial charge in [-0.25, -0.2) is 9.37 Å². The molecule has 8 nitrogen and oxygen atoms in total. The molecular formula is C30H28BrFN4O4. The van der Waals surface area contributed by atoms with Crippen LogP contribution >= 0.6 is 15.9 Å². The minimum absolute atomic E-state index is 0.166. The predicted octanol–water partition coefficient (Wildman–Crippen LogP) is 6.25. The highest BCUT2D eigenvalue weighted by Gasteiger charge is 2.22. The molecule has 0 atom stereocenters. The minimum Gasteiger partial charge on any atom is -0.493 e. The number of nitrogens with one attached hydrogen (secondary N) is 1. The van der Waals surface area contributed by atoms with Crippen LogP contribution in [0.5, 0.6) is 11.5 Å². The topological polar surface area (TPSA) is 94.8 Å². The van der Waals surface area contributed by atoms with Gasteiger partial charge in [0.2, 0.25) is 0 Å². The van der Waals surface area contributed by atoms with Gasteiger partial charge in [-0.1, -0.05) is 37.5 Å². The van der Waals surface area contributed by atoms with Gasteiger partial charge in [0.15, 0.2) is 18.1 Å². The second kappa shape index (κ2) is 12.4. The molecule has 1 heterocycles. The van der Waals surface area contributed by atoms with Gasteiger partial charge in [-0.15, -0.1) is 0 Å². The fourth-order valence-electron chi connectivity index (χ4n) is 4.86. The molecule has 0 radical (unpaired) electrons. The first-order valence-electron chi connectivity index (χ1n) is 13.0. The summed E-state index contributed by atoms with van der Waals surface area (Å²) in [5.74, 6) is 0.623. The first-order valence-corrected chi connectivity index (χ1v) is 13.8. The Morgan fingerprint density at radius 2 is 1.95 bits per heavy atom. The molecule has 1 aliphatic rings. The van der Waals surface area contributed by atoms with Crippen molar-refractivity contribution >= 4 is 44.6 Å². The van der Waals surface area contributed by atoms with Crippen molar-refractivity contribution in [2.24, 2.45) is 5.10 Å². The van der Waals surface area contributed by atoms with Crippen LogP contribution in [0.15, 0.2) is 75.0 Å². The van der Waals surface area contributed by atoms with Crippen LogP contribution < -0.4 is 20.3 Å². The number of fused-ring (bicyclic) bond motifs is 1. The molecule has 0 bridgehead atoms. The van der Waals surface area contributed by atoms with E-state index in [1.807, 2.05) is 18.2 Å². The number of carbonyl (C=O) groups is 1. The van der Waals surface area contributed by atoms with Crippen molar-refractivity contribution in [3.8, 4) is 11.5 Å². The quantitative estimate of drug-likeness (QED) is 0.239. The van der Waals surface area contributed by atoms with Gasteiger partial charge < -0.3 is 14.8 Å². The van der Waals surface area contributed by atoms with Crippen LogP contribution in [0.4, 0.5) is 10.1 Å². The summed E-state index contributed by atoms with van der Waals surface area (Å²) in [5, 5.41) is 7.68. The maximum absolute atomic E-state index is 13.5. The minimum atomic E-state index is -0.455. The van der Waals surface area contributed by atoms with Crippen LogP contribution in [0.3, 0.4) is 0 Å². The lowest BCUT2D eigenvalue weighted by Crippen LogP contribution is -2.25. The van der Waals surface area contributed by atoms with E-state index in [9.17, 15) is 14.0 Å². The number of amides is 1. The lowest BCUT2D eigenvalue weighted by atomic mass is 9.88. The standard InChI is InChI=1S/C30H28BrFN4O4/c1-39-26-15-19(14-24(31)28(26)40-18-27(37)34-22-11-7-10-21(32)16-22)17-33-36-29(20-8-3-2-4-9-20)35-25-13-6-5-12-23(25)30(36)38/h5-7,10-17,20H,2-4,8-9,18H2,1H3,(H,34,37). The molecule has 0 spiro atoms. The van der Waals surface area contributed by atoms with E-state index in [1.54, 1.807) is 30.5 Å². The van der Waals surface area contributed by atoms with Crippen molar-refractivity contribution in [1.82, 2.24) is 9.66 Å². The number of aromatic nitrogens is 2. The van der Waals surface area contributed by atoms with Crippen molar-refractivity contribution in [2.75, 3.05) is 19.0 Å². The van der Waals surface area contributed by atoms with Gasteiger partial charge in [0.25, 0.3) is 11.5 Å². The third-order valence-corrected chi connectivity index (χ3v) is 7.37. The van der Waals surface area contributed by atoms with Crippen LogP contribution in [0.2, 0.25) is 0 Å². The average molecular weight is 607 g/mol. The second-order valence-corrected chi connectivity index (χ2v) is 10.4. The maximum Gasteiger partial charge on any atom is 0.282 e. The number of para-hydroxylation sites is 1. The van der Waals surface area contributed by atoms with Crippen LogP contribution in [0, 0.1) is 5.82 Å². The van der Waals surface area contributed by atoms with Gasteiger partial charge in [-0.2, -0.15) is 9.78 Å². The summed E-state index contributed by atoms with van der Waals surface area (Å²) in [4.78, 5) is 30.6. The van der Waals surface area contributed by atoms with Gasteiger partial charge >= 0.3 is 0 Å². The highest BCUT2D eigenvalue weighted by molar-refractivity contribution is 9.10. The van der Waals surface area contributed by atoms with E-state index in [0.29, 0.717) is 43.9 Å². The Kier molecular flexibility index (Phi) is 8.54. The Morgan fingerprint density at radius 3 is 2.73 bits per heavy atom. The van der Waals surface area contributed by atoms with E-state index in [2.05, 4.69) is 26.3 Å². The SMILES string of the molecule is COc1cc(C=Nn2c(C3CCCCC3)nc3ccccc3c2=O)cc(Br)c1OCC(=O)Nc1cccc(F)c1. The van der Waals surface area contributed by atoms with Gasteiger partial charge in [0, 0.05) is 11.6 Å². The number of nitrogens with zero attached hydrogens (tertiary/aromatic N) is 3. The lowest BCUT2D eigenvalue weighted by molar-refractivity contribution is -0.118. The number of rotatable bonds is 8. The Bertz CT molecular complexity index is 1630.